The van der Waals surface area contributed by atoms with Gasteiger partial charge >= 0.3 is 6.18 Å². The lowest BCUT2D eigenvalue weighted by molar-refractivity contribution is -0.137. The number of carbonyl (C=O) groups is 1. The van der Waals surface area contributed by atoms with Gasteiger partial charge in [0.25, 0.3) is 5.91 Å². The van der Waals surface area contributed by atoms with Gasteiger partial charge in [-0.1, -0.05) is 0 Å². The highest BCUT2D eigenvalue weighted by molar-refractivity contribution is 7.09. The summed E-state index contributed by atoms with van der Waals surface area (Å²) in [6.07, 6.45) is -4.54. The van der Waals surface area contributed by atoms with E-state index in [2.05, 4.69) is 10.3 Å². The molecule has 2 aromatic rings. The summed E-state index contributed by atoms with van der Waals surface area (Å²) in [6.45, 7) is 1.72. The second-order valence-corrected chi connectivity index (χ2v) is 5.14. The molecular weight excluding hydrogens is 303 g/mol. The molecule has 0 fully saturated rings. The maximum Gasteiger partial charge on any atom is 0.416 e. The van der Waals surface area contributed by atoms with Gasteiger partial charge in [0, 0.05) is 5.38 Å². The highest BCUT2D eigenvalue weighted by Gasteiger charge is 2.31. The molecule has 0 aliphatic carbocycles. The molecule has 0 spiro atoms. The zero-order valence-electron chi connectivity index (χ0n) is 10.7. The highest BCUT2D eigenvalue weighted by atomic mass is 32.1. The maximum absolute atomic E-state index is 12.6. The van der Waals surface area contributed by atoms with Crippen LogP contribution in [0.25, 0.3) is 0 Å². The number of aromatic nitrogens is 1. The van der Waals surface area contributed by atoms with Crippen molar-refractivity contribution in [3.05, 3.63) is 45.4 Å². The summed E-state index contributed by atoms with van der Waals surface area (Å²) in [4.78, 5) is 15.8. The fraction of sp³-hybridized carbons (Fsp3) is 0.154. The van der Waals surface area contributed by atoms with Crippen LogP contribution in [-0.4, -0.2) is 10.9 Å². The van der Waals surface area contributed by atoms with E-state index in [9.17, 15) is 18.0 Å². The quantitative estimate of drug-likeness (QED) is 0.921. The average molecular weight is 311 g/mol. The minimum atomic E-state index is -4.54. The van der Waals surface area contributed by atoms with Crippen molar-refractivity contribution in [1.29, 1.82) is 5.26 Å². The van der Waals surface area contributed by atoms with Gasteiger partial charge in [0.2, 0.25) is 0 Å². The second-order valence-electron chi connectivity index (χ2n) is 4.08. The first kappa shape index (κ1) is 15.0. The Morgan fingerprint density at radius 3 is 2.67 bits per heavy atom. The lowest BCUT2D eigenvalue weighted by atomic mass is 10.1. The number of benzene rings is 1. The Kier molecular flexibility index (Phi) is 3.95. The molecule has 0 unspecified atom stereocenters. The van der Waals surface area contributed by atoms with Gasteiger partial charge in [-0.3, -0.25) is 4.79 Å². The van der Waals surface area contributed by atoms with Gasteiger partial charge in [0.15, 0.2) is 0 Å². The van der Waals surface area contributed by atoms with E-state index < -0.39 is 17.6 Å². The van der Waals surface area contributed by atoms with Crippen LogP contribution in [-0.2, 0) is 6.18 Å². The Labute approximate surface area is 121 Å². The smallest absolute Gasteiger partial charge is 0.319 e. The molecule has 0 saturated carbocycles. The van der Waals surface area contributed by atoms with Crippen LogP contribution >= 0.6 is 11.3 Å². The van der Waals surface area contributed by atoms with Crippen LogP contribution in [0.15, 0.2) is 23.6 Å². The number of hydrogen-bond donors (Lipinski definition) is 1. The van der Waals surface area contributed by atoms with Crippen molar-refractivity contribution in [1.82, 2.24) is 4.98 Å². The lowest BCUT2D eigenvalue weighted by Gasteiger charge is -2.10. The summed E-state index contributed by atoms with van der Waals surface area (Å²) >= 11 is 1.27. The van der Waals surface area contributed by atoms with Crippen molar-refractivity contribution in [2.24, 2.45) is 0 Å². The molecule has 1 amide bonds. The molecule has 0 aliphatic rings. The number of rotatable bonds is 2. The summed E-state index contributed by atoms with van der Waals surface area (Å²) in [6, 6.07) is 4.20. The Bertz CT molecular complexity index is 731. The molecule has 0 atom stereocenters. The van der Waals surface area contributed by atoms with Crippen LogP contribution in [0.3, 0.4) is 0 Å². The van der Waals surface area contributed by atoms with Gasteiger partial charge in [-0.2, -0.15) is 18.4 Å². The van der Waals surface area contributed by atoms with Crippen LogP contribution in [0.5, 0.6) is 0 Å². The topological polar surface area (TPSA) is 65.8 Å². The predicted octanol–water partition coefficient (Wildman–Crippen LogP) is 3.59. The molecule has 1 aromatic carbocycles. The minimum absolute atomic E-state index is 0.0150. The first-order valence-corrected chi connectivity index (χ1v) is 6.54. The molecule has 4 nitrogen and oxygen atoms in total. The van der Waals surface area contributed by atoms with Crippen LogP contribution in [0.1, 0.15) is 26.6 Å². The Balaban J connectivity index is 2.29. The van der Waals surface area contributed by atoms with Crippen molar-refractivity contribution >= 4 is 22.9 Å². The van der Waals surface area contributed by atoms with Crippen molar-refractivity contribution in [3.63, 3.8) is 0 Å². The van der Waals surface area contributed by atoms with E-state index in [0.717, 1.165) is 12.1 Å². The summed E-state index contributed by atoms with van der Waals surface area (Å²) in [5.74, 6) is -0.574. The molecule has 8 heteroatoms. The molecule has 21 heavy (non-hydrogen) atoms. The van der Waals surface area contributed by atoms with Crippen LogP contribution in [0.4, 0.5) is 18.9 Å². The van der Waals surface area contributed by atoms with Crippen LogP contribution in [0, 0.1) is 18.3 Å². The minimum Gasteiger partial charge on any atom is -0.319 e. The third-order valence-electron chi connectivity index (χ3n) is 2.57. The Morgan fingerprint density at radius 1 is 1.43 bits per heavy atom. The van der Waals surface area contributed by atoms with E-state index in [1.165, 1.54) is 16.7 Å². The summed E-state index contributed by atoms with van der Waals surface area (Å²) < 4.78 is 37.7. The van der Waals surface area contributed by atoms with Crippen LogP contribution < -0.4 is 5.32 Å². The van der Waals surface area contributed by atoms with E-state index in [-0.39, 0.29) is 16.9 Å². The van der Waals surface area contributed by atoms with E-state index >= 15 is 0 Å². The zero-order chi connectivity index (χ0) is 15.6. The molecule has 0 radical (unpaired) electrons. The van der Waals surface area contributed by atoms with E-state index in [1.807, 2.05) is 0 Å². The molecule has 1 heterocycles. The number of nitriles is 1. The number of thiazole rings is 1. The summed E-state index contributed by atoms with van der Waals surface area (Å²) in [5, 5.41) is 13.5. The first-order chi connectivity index (χ1) is 9.81. The summed E-state index contributed by atoms with van der Waals surface area (Å²) in [7, 11) is 0. The number of halogens is 3. The molecule has 0 saturated heterocycles. The number of amides is 1. The van der Waals surface area contributed by atoms with Gasteiger partial charge in [-0.05, 0) is 25.1 Å². The molecule has 108 valence electrons. The molecule has 1 aromatic heterocycles. The molecule has 2 rings (SSSR count). The third kappa shape index (κ3) is 3.38. The number of nitrogens with zero attached hydrogens (tertiary/aromatic N) is 2. The zero-order valence-corrected chi connectivity index (χ0v) is 11.5. The molecule has 1 N–H and O–H groups in total. The number of alkyl halides is 3. The number of anilines is 1. The van der Waals surface area contributed by atoms with Gasteiger partial charge in [0.05, 0.1) is 21.8 Å². The number of nitrogens with one attached hydrogen (secondary N) is 1. The second kappa shape index (κ2) is 5.54. The fourth-order valence-electron chi connectivity index (χ4n) is 1.58. The Morgan fingerprint density at radius 2 is 2.14 bits per heavy atom. The molecule has 0 aliphatic heterocycles. The highest BCUT2D eigenvalue weighted by Crippen LogP contribution is 2.31. The SMILES string of the molecule is Cc1nc(C(=O)Nc2ccc(C(F)(F)F)cc2C#N)cs1. The fourth-order valence-corrected chi connectivity index (χ4v) is 2.17. The number of carbonyl (C=O) groups excluding carboxylic acids is 1. The molecule has 0 bridgehead atoms. The van der Waals surface area contributed by atoms with E-state index in [4.69, 9.17) is 5.26 Å². The van der Waals surface area contributed by atoms with Gasteiger partial charge in [0.1, 0.15) is 11.8 Å². The predicted molar refractivity (Wildman–Crippen MR) is 71.0 cm³/mol. The van der Waals surface area contributed by atoms with Crippen molar-refractivity contribution in [2.75, 3.05) is 5.32 Å². The number of aryl methyl sites for hydroxylation is 1. The van der Waals surface area contributed by atoms with E-state index in [1.54, 1.807) is 13.0 Å². The van der Waals surface area contributed by atoms with Gasteiger partial charge in [-0.25, -0.2) is 4.98 Å². The largest absolute Gasteiger partial charge is 0.416 e. The monoisotopic (exact) mass is 311 g/mol. The number of hydrogen-bond acceptors (Lipinski definition) is 4. The van der Waals surface area contributed by atoms with Gasteiger partial charge in [-0.15, -0.1) is 11.3 Å². The Hall–Kier alpha value is -2.40. The van der Waals surface area contributed by atoms with Crippen LogP contribution in [0.2, 0.25) is 0 Å². The van der Waals surface area contributed by atoms with Crippen molar-refractivity contribution in [3.8, 4) is 6.07 Å². The maximum atomic E-state index is 12.6. The standard InChI is InChI=1S/C13H8F3N3OS/c1-7-18-11(6-21-7)12(20)19-10-3-2-9(13(14,15)16)4-8(10)5-17/h2-4,6H,1H3,(H,19,20). The average Bonchev–Trinajstić information content (AvgIpc) is 2.84. The first-order valence-electron chi connectivity index (χ1n) is 5.66. The van der Waals surface area contributed by atoms with Crippen molar-refractivity contribution in [2.45, 2.75) is 13.1 Å². The summed E-state index contributed by atoms with van der Waals surface area (Å²) in [5.41, 5.74) is -1.03. The normalized spacial score (nSPS) is 11.0. The van der Waals surface area contributed by atoms with E-state index in [0.29, 0.717) is 11.1 Å². The molecular formula is C13H8F3N3OS. The lowest BCUT2D eigenvalue weighted by Crippen LogP contribution is -2.14. The van der Waals surface area contributed by atoms with Gasteiger partial charge < -0.3 is 5.32 Å². The van der Waals surface area contributed by atoms with Crippen molar-refractivity contribution < 1.29 is 18.0 Å². The third-order valence-corrected chi connectivity index (χ3v) is 3.34.